The topological polar surface area (TPSA) is 67.1 Å². The van der Waals surface area contributed by atoms with Gasteiger partial charge >= 0.3 is 0 Å². The van der Waals surface area contributed by atoms with E-state index in [-0.39, 0.29) is 18.4 Å². The van der Waals surface area contributed by atoms with Crippen molar-refractivity contribution in [3.63, 3.8) is 0 Å². The summed E-state index contributed by atoms with van der Waals surface area (Å²) in [4.78, 5) is 27.3. The van der Waals surface area contributed by atoms with Gasteiger partial charge in [-0.1, -0.05) is 55.5 Å². The van der Waals surface area contributed by atoms with Gasteiger partial charge in [-0.05, 0) is 18.1 Å². The van der Waals surface area contributed by atoms with E-state index >= 15 is 0 Å². The van der Waals surface area contributed by atoms with E-state index < -0.39 is 0 Å². The molecule has 2 aromatic carbocycles. The molecule has 2 aromatic rings. The number of carbonyl (C=O) groups is 2. The molecule has 154 valence electrons. The van der Waals surface area contributed by atoms with Gasteiger partial charge in [0.05, 0.1) is 6.54 Å². The SMILES string of the molecule is CCc1ccccc1NC(=O)CNC(=O)C[NH+]1CC[NH+](Cc2ccccc2)CC1. The molecule has 0 aromatic heterocycles. The lowest BCUT2D eigenvalue weighted by atomic mass is 10.1. The summed E-state index contributed by atoms with van der Waals surface area (Å²) in [5.41, 5.74) is 3.27. The molecule has 1 fully saturated rings. The van der Waals surface area contributed by atoms with Crippen molar-refractivity contribution < 1.29 is 19.4 Å². The van der Waals surface area contributed by atoms with Gasteiger partial charge in [-0.3, -0.25) is 9.59 Å². The van der Waals surface area contributed by atoms with Gasteiger partial charge in [-0.2, -0.15) is 0 Å². The van der Waals surface area contributed by atoms with E-state index in [9.17, 15) is 9.59 Å². The Morgan fingerprint density at radius 3 is 2.24 bits per heavy atom. The summed E-state index contributed by atoms with van der Waals surface area (Å²) in [6.45, 7) is 7.61. The van der Waals surface area contributed by atoms with E-state index in [1.807, 2.05) is 30.3 Å². The van der Waals surface area contributed by atoms with Gasteiger partial charge in [0.1, 0.15) is 32.7 Å². The van der Waals surface area contributed by atoms with Crippen LogP contribution >= 0.6 is 0 Å². The van der Waals surface area contributed by atoms with Crippen LogP contribution in [0.2, 0.25) is 0 Å². The maximum atomic E-state index is 12.2. The molecule has 0 radical (unpaired) electrons. The summed E-state index contributed by atoms with van der Waals surface area (Å²) in [5, 5.41) is 5.65. The number of hydrogen-bond acceptors (Lipinski definition) is 2. The highest BCUT2D eigenvalue weighted by atomic mass is 16.2. The second-order valence-electron chi connectivity index (χ2n) is 7.67. The van der Waals surface area contributed by atoms with Gasteiger partial charge < -0.3 is 20.4 Å². The molecule has 1 aliphatic heterocycles. The maximum Gasteiger partial charge on any atom is 0.275 e. The molecule has 0 bridgehead atoms. The van der Waals surface area contributed by atoms with Crippen LogP contribution in [0.25, 0.3) is 0 Å². The molecule has 2 amide bonds. The van der Waals surface area contributed by atoms with Crippen molar-refractivity contribution in [3.05, 3.63) is 65.7 Å². The lowest BCUT2D eigenvalue weighted by Crippen LogP contribution is -3.28. The van der Waals surface area contributed by atoms with Crippen molar-refractivity contribution in [2.24, 2.45) is 0 Å². The molecular formula is C23H32N4O2+2. The van der Waals surface area contributed by atoms with E-state index in [0.717, 1.165) is 50.4 Å². The van der Waals surface area contributed by atoms with Crippen LogP contribution in [0.4, 0.5) is 5.69 Å². The van der Waals surface area contributed by atoms with Gasteiger partial charge in [0, 0.05) is 11.3 Å². The fourth-order valence-electron chi connectivity index (χ4n) is 3.81. The second-order valence-corrected chi connectivity index (χ2v) is 7.67. The molecule has 6 nitrogen and oxygen atoms in total. The smallest absolute Gasteiger partial charge is 0.275 e. The zero-order valence-electron chi connectivity index (χ0n) is 17.2. The third-order valence-electron chi connectivity index (χ3n) is 5.49. The van der Waals surface area contributed by atoms with E-state index in [1.165, 1.54) is 10.5 Å². The number of anilines is 1. The number of carbonyl (C=O) groups excluding carboxylic acids is 2. The summed E-state index contributed by atoms with van der Waals surface area (Å²) in [6, 6.07) is 18.3. The molecule has 0 unspecified atom stereocenters. The van der Waals surface area contributed by atoms with Crippen molar-refractivity contribution in [1.29, 1.82) is 0 Å². The van der Waals surface area contributed by atoms with Gasteiger partial charge in [-0.25, -0.2) is 0 Å². The summed E-state index contributed by atoms with van der Waals surface area (Å²) < 4.78 is 0. The number of amides is 2. The van der Waals surface area contributed by atoms with Crippen LogP contribution in [0.5, 0.6) is 0 Å². The maximum absolute atomic E-state index is 12.2. The first-order valence-corrected chi connectivity index (χ1v) is 10.5. The standard InChI is InChI=1S/C23H30N4O2/c1-2-20-10-6-7-11-21(20)25-22(28)16-24-23(29)18-27-14-12-26(13-15-27)17-19-8-4-3-5-9-19/h3-11H,2,12-18H2,1H3,(H,24,29)(H,25,28)/p+2. The number of benzene rings is 2. The Kier molecular flexibility index (Phi) is 7.78. The average Bonchev–Trinajstić information content (AvgIpc) is 2.75. The minimum absolute atomic E-state index is 0.00947. The second kappa shape index (κ2) is 10.7. The lowest BCUT2D eigenvalue weighted by Gasteiger charge is -2.29. The largest absolute Gasteiger partial charge is 0.342 e. The highest BCUT2D eigenvalue weighted by Crippen LogP contribution is 2.14. The first-order chi connectivity index (χ1) is 14.1. The molecule has 1 saturated heterocycles. The molecule has 0 spiro atoms. The van der Waals surface area contributed by atoms with Crippen LogP contribution in [0.15, 0.2) is 54.6 Å². The fourth-order valence-corrected chi connectivity index (χ4v) is 3.81. The monoisotopic (exact) mass is 396 g/mol. The third-order valence-corrected chi connectivity index (χ3v) is 5.49. The van der Waals surface area contributed by atoms with Crippen LogP contribution in [0, 0.1) is 0 Å². The Balaban J connectivity index is 1.35. The van der Waals surface area contributed by atoms with Crippen molar-refractivity contribution in [1.82, 2.24) is 5.32 Å². The molecule has 29 heavy (non-hydrogen) atoms. The fraction of sp³-hybridized carbons (Fsp3) is 0.391. The highest BCUT2D eigenvalue weighted by molar-refractivity contribution is 5.95. The molecular weight excluding hydrogens is 364 g/mol. The molecule has 1 heterocycles. The summed E-state index contributed by atoms with van der Waals surface area (Å²) in [5.74, 6) is -0.253. The van der Waals surface area contributed by atoms with E-state index in [4.69, 9.17) is 0 Å². The molecule has 0 saturated carbocycles. The zero-order chi connectivity index (χ0) is 20.5. The lowest BCUT2D eigenvalue weighted by molar-refractivity contribution is -1.02. The number of aryl methyl sites for hydroxylation is 1. The highest BCUT2D eigenvalue weighted by Gasteiger charge is 2.24. The quantitative estimate of drug-likeness (QED) is 0.476. The van der Waals surface area contributed by atoms with Crippen LogP contribution in [-0.4, -0.2) is 51.1 Å². The van der Waals surface area contributed by atoms with Crippen LogP contribution in [0.3, 0.4) is 0 Å². The van der Waals surface area contributed by atoms with Gasteiger partial charge in [0.2, 0.25) is 5.91 Å². The van der Waals surface area contributed by atoms with Crippen molar-refractivity contribution >= 4 is 17.5 Å². The Labute approximate surface area is 172 Å². The Hall–Kier alpha value is -2.70. The number of hydrogen-bond donors (Lipinski definition) is 4. The summed E-state index contributed by atoms with van der Waals surface area (Å²) in [7, 11) is 0. The first-order valence-electron chi connectivity index (χ1n) is 10.5. The predicted octanol–water partition coefficient (Wildman–Crippen LogP) is -0.713. The van der Waals surface area contributed by atoms with Crippen LogP contribution in [0.1, 0.15) is 18.1 Å². The Morgan fingerprint density at radius 2 is 1.52 bits per heavy atom. The molecule has 4 N–H and O–H groups in total. The Bertz CT molecular complexity index is 802. The number of piperazine rings is 1. The van der Waals surface area contributed by atoms with Crippen LogP contribution in [-0.2, 0) is 22.6 Å². The minimum atomic E-state index is -0.189. The number of para-hydroxylation sites is 1. The summed E-state index contributed by atoms with van der Waals surface area (Å²) in [6.07, 6.45) is 0.852. The predicted molar refractivity (Wildman–Crippen MR) is 114 cm³/mol. The number of nitrogens with one attached hydrogen (secondary N) is 4. The number of quaternary nitrogens is 2. The number of rotatable bonds is 8. The molecule has 3 rings (SSSR count). The van der Waals surface area contributed by atoms with E-state index in [1.54, 1.807) is 4.90 Å². The van der Waals surface area contributed by atoms with Crippen molar-refractivity contribution in [2.45, 2.75) is 19.9 Å². The van der Waals surface area contributed by atoms with Gasteiger partial charge in [0.25, 0.3) is 5.91 Å². The van der Waals surface area contributed by atoms with Crippen LogP contribution < -0.4 is 20.4 Å². The van der Waals surface area contributed by atoms with Crippen molar-refractivity contribution in [2.75, 3.05) is 44.6 Å². The minimum Gasteiger partial charge on any atom is -0.342 e. The average molecular weight is 397 g/mol. The molecule has 6 heteroatoms. The molecule has 1 aliphatic rings. The third kappa shape index (κ3) is 6.69. The van der Waals surface area contributed by atoms with E-state index in [0.29, 0.717) is 6.54 Å². The Morgan fingerprint density at radius 1 is 0.862 bits per heavy atom. The van der Waals surface area contributed by atoms with E-state index in [2.05, 4.69) is 41.8 Å². The summed E-state index contributed by atoms with van der Waals surface area (Å²) >= 11 is 0. The zero-order valence-corrected chi connectivity index (χ0v) is 17.2. The van der Waals surface area contributed by atoms with Gasteiger partial charge in [-0.15, -0.1) is 0 Å². The molecule has 0 atom stereocenters. The molecule has 0 aliphatic carbocycles. The van der Waals surface area contributed by atoms with Crippen molar-refractivity contribution in [3.8, 4) is 0 Å². The first kappa shape index (κ1) is 21.0. The normalized spacial score (nSPS) is 18.8. The van der Waals surface area contributed by atoms with Gasteiger partial charge in [0.15, 0.2) is 6.54 Å².